The molecule has 2 unspecified atom stereocenters. The van der Waals surface area contributed by atoms with Gasteiger partial charge in [0.2, 0.25) is 0 Å². The highest BCUT2D eigenvalue weighted by atomic mass is 16.5. The predicted octanol–water partition coefficient (Wildman–Crippen LogP) is 0.00710. The molecule has 2 N–H and O–H groups in total. The van der Waals surface area contributed by atoms with Crippen molar-refractivity contribution in [1.29, 1.82) is 0 Å². The molecule has 0 aliphatic carbocycles. The van der Waals surface area contributed by atoms with Crippen LogP contribution in [0.25, 0.3) is 0 Å². The molecule has 20 heavy (non-hydrogen) atoms. The van der Waals surface area contributed by atoms with Crippen LogP contribution < -0.4 is 0 Å². The minimum atomic E-state index is -0.680. The van der Waals surface area contributed by atoms with Gasteiger partial charge in [-0.2, -0.15) is 0 Å². The molecule has 116 valence electrons. The monoisotopic (exact) mass is 286 g/mol. The molecule has 2 aliphatic rings. The average molecular weight is 286 g/mol. The number of carbonyl (C=O) groups is 1. The van der Waals surface area contributed by atoms with E-state index in [1.54, 1.807) is 7.11 Å². The molecule has 0 saturated carbocycles. The van der Waals surface area contributed by atoms with Gasteiger partial charge in [-0.1, -0.05) is 0 Å². The summed E-state index contributed by atoms with van der Waals surface area (Å²) < 4.78 is 4.94. The minimum Gasteiger partial charge on any atom is -0.480 e. The van der Waals surface area contributed by atoms with Gasteiger partial charge in [0.05, 0.1) is 12.7 Å². The van der Waals surface area contributed by atoms with E-state index in [1.807, 2.05) is 0 Å². The van der Waals surface area contributed by atoms with E-state index in [0.717, 1.165) is 45.3 Å². The van der Waals surface area contributed by atoms with Crippen LogP contribution in [0, 0.1) is 0 Å². The summed E-state index contributed by atoms with van der Waals surface area (Å²) in [5, 5.41) is 19.0. The van der Waals surface area contributed by atoms with Crippen molar-refractivity contribution in [2.24, 2.45) is 0 Å². The van der Waals surface area contributed by atoms with Crippen molar-refractivity contribution in [1.82, 2.24) is 9.80 Å². The number of rotatable bonds is 6. The van der Waals surface area contributed by atoms with Crippen molar-refractivity contribution >= 4 is 5.97 Å². The number of likely N-dealkylation sites (tertiary alicyclic amines) is 2. The smallest absolute Gasteiger partial charge is 0.320 e. The number of β-amino-alcohol motifs (C(OH)–C–C–N with tert-alkyl or cyclic N) is 1. The Bertz CT molecular complexity index is 318. The Hall–Kier alpha value is -0.690. The maximum absolute atomic E-state index is 11.2. The molecule has 6 heteroatoms. The molecule has 0 aromatic heterocycles. The fourth-order valence-corrected chi connectivity index (χ4v) is 3.47. The third-order valence-electron chi connectivity index (χ3n) is 4.43. The highest BCUT2D eigenvalue weighted by molar-refractivity contribution is 5.73. The van der Waals surface area contributed by atoms with Crippen molar-refractivity contribution in [3.05, 3.63) is 0 Å². The lowest BCUT2D eigenvalue weighted by molar-refractivity contribution is -0.143. The molecular weight excluding hydrogens is 260 g/mol. The third kappa shape index (κ3) is 3.91. The number of nitrogens with zero attached hydrogens (tertiary/aromatic N) is 2. The summed E-state index contributed by atoms with van der Waals surface area (Å²) in [5.41, 5.74) is 0. The first-order valence-corrected chi connectivity index (χ1v) is 7.49. The van der Waals surface area contributed by atoms with Crippen LogP contribution in [0.5, 0.6) is 0 Å². The fraction of sp³-hybridized carbons (Fsp3) is 0.929. The summed E-state index contributed by atoms with van der Waals surface area (Å²) in [5.74, 6) is -0.680. The molecule has 2 rings (SSSR count). The summed E-state index contributed by atoms with van der Waals surface area (Å²) in [6, 6.07) is 0.0973. The van der Waals surface area contributed by atoms with Gasteiger partial charge >= 0.3 is 5.97 Å². The van der Waals surface area contributed by atoms with Crippen LogP contribution in [0.3, 0.4) is 0 Å². The number of carboxylic acids is 1. The van der Waals surface area contributed by atoms with Crippen LogP contribution in [0.4, 0.5) is 0 Å². The summed E-state index contributed by atoms with van der Waals surface area (Å²) >= 11 is 0. The number of hydrogen-bond donors (Lipinski definition) is 2. The second-order valence-electron chi connectivity index (χ2n) is 5.88. The SMILES string of the molecule is COCC(O)CN1CCC(N2CCCC2C(=O)O)CC1. The first kappa shape index (κ1) is 15.7. The minimum absolute atomic E-state index is 0.286. The topological polar surface area (TPSA) is 73.2 Å². The molecule has 0 spiro atoms. The molecule has 0 aromatic rings. The fourth-order valence-electron chi connectivity index (χ4n) is 3.47. The maximum atomic E-state index is 11.2. The number of piperidine rings is 1. The molecule has 0 aromatic carbocycles. The van der Waals surface area contributed by atoms with Gasteiger partial charge in [0.1, 0.15) is 6.04 Å². The van der Waals surface area contributed by atoms with E-state index in [-0.39, 0.29) is 6.04 Å². The van der Waals surface area contributed by atoms with Crippen LogP contribution in [0.2, 0.25) is 0 Å². The first-order chi connectivity index (χ1) is 9.61. The van der Waals surface area contributed by atoms with Gasteiger partial charge in [-0.3, -0.25) is 9.69 Å². The second kappa shape index (κ2) is 7.36. The van der Waals surface area contributed by atoms with Crippen molar-refractivity contribution in [3.63, 3.8) is 0 Å². The van der Waals surface area contributed by atoms with Gasteiger partial charge in [-0.25, -0.2) is 0 Å². The molecule has 2 heterocycles. The van der Waals surface area contributed by atoms with E-state index in [2.05, 4.69) is 9.80 Å². The number of hydrogen-bond acceptors (Lipinski definition) is 5. The molecule has 0 amide bonds. The van der Waals surface area contributed by atoms with E-state index in [0.29, 0.717) is 19.2 Å². The summed E-state index contributed by atoms with van der Waals surface area (Å²) in [6.45, 7) is 3.77. The number of methoxy groups -OCH3 is 1. The number of aliphatic carboxylic acids is 1. The quantitative estimate of drug-likeness (QED) is 0.716. The van der Waals surface area contributed by atoms with Crippen LogP contribution in [-0.2, 0) is 9.53 Å². The predicted molar refractivity (Wildman–Crippen MR) is 74.7 cm³/mol. The Morgan fingerprint density at radius 1 is 1.30 bits per heavy atom. The molecule has 0 radical (unpaired) electrons. The third-order valence-corrected chi connectivity index (χ3v) is 4.43. The zero-order valence-electron chi connectivity index (χ0n) is 12.2. The van der Waals surface area contributed by atoms with Gasteiger partial charge in [0.25, 0.3) is 0 Å². The van der Waals surface area contributed by atoms with Gasteiger partial charge in [-0.15, -0.1) is 0 Å². The summed E-state index contributed by atoms with van der Waals surface area (Å²) in [7, 11) is 1.59. The van der Waals surface area contributed by atoms with Crippen molar-refractivity contribution < 1.29 is 19.7 Å². The Balaban J connectivity index is 1.78. The number of aliphatic hydroxyl groups is 1. The maximum Gasteiger partial charge on any atom is 0.320 e. The van der Waals surface area contributed by atoms with E-state index in [9.17, 15) is 15.0 Å². The van der Waals surface area contributed by atoms with E-state index < -0.39 is 12.1 Å². The van der Waals surface area contributed by atoms with Crippen LogP contribution >= 0.6 is 0 Å². The van der Waals surface area contributed by atoms with Crippen molar-refractivity contribution in [3.8, 4) is 0 Å². The Kier molecular flexibility index (Phi) is 5.77. The molecule has 0 bridgehead atoms. The number of aliphatic hydroxyl groups excluding tert-OH is 1. The Labute approximate surface area is 120 Å². The van der Waals surface area contributed by atoms with Crippen molar-refractivity contribution in [2.75, 3.05) is 39.9 Å². The molecule has 2 aliphatic heterocycles. The highest BCUT2D eigenvalue weighted by Gasteiger charge is 2.36. The molecule has 6 nitrogen and oxygen atoms in total. The second-order valence-corrected chi connectivity index (χ2v) is 5.88. The largest absolute Gasteiger partial charge is 0.480 e. The van der Waals surface area contributed by atoms with Gasteiger partial charge in [-0.05, 0) is 45.3 Å². The Morgan fingerprint density at radius 3 is 2.60 bits per heavy atom. The van der Waals surface area contributed by atoms with Gasteiger partial charge in [0, 0.05) is 19.7 Å². The Morgan fingerprint density at radius 2 is 2.00 bits per heavy atom. The lowest BCUT2D eigenvalue weighted by Crippen LogP contribution is -2.50. The zero-order chi connectivity index (χ0) is 14.5. The van der Waals surface area contributed by atoms with Gasteiger partial charge in [0.15, 0.2) is 0 Å². The number of carboxylic acid groups (broad SMARTS) is 1. The van der Waals surface area contributed by atoms with Crippen LogP contribution in [-0.4, -0.2) is 84.1 Å². The normalized spacial score (nSPS) is 27.8. The average Bonchev–Trinajstić information content (AvgIpc) is 2.89. The van der Waals surface area contributed by atoms with E-state index in [1.165, 1.54) is 0 Å². The molecular formula is C14H26N2O4. The molecule has 2 atom stereocenters. The van der Waals surface area contributed by atoms with Gasteiger partial charge < -0.3 is 19.8 Å². The van der Waals surface area contributed by atoms with Crippen LogP contribution in [0.15, 0.2) is 0 Å². The lowest BCUT2D eigenvalue weighted by atomic mass is 10.0. The van der Waals surface area contributed by atoms with Crippen molar-refractivity contribution in [2.45, 2.75) is 43.9 Å². The number of ether oxygens (including phenoxy) is 1. The lowest BCUT2D eigenvalue weighted by Gasteiger charge is -2.38. The molecule has 2 saturated heterocycles. The first-order valence-electron chi connectivity index (χ1n) is 7.49. The molecule has 2 fully saturated rings. The summed E-state index contributed by atoms with van der Waals surface area (Å²) in [6.07, 6.45) is 3.31. The zero-order valence-corrected chi connectivity index (χ0v) is 12.2. The summed E-state index contributed by atoms with van der Waals surface area (Å²) in [4.78, 5) is 15.7. The highest BCUT2D eigenvalue weighted by Crippen LogP contribution is 2.26. The van der Waals surface area contributed by atoms with Crippen LogP contribution in [0.1, 0.15) is 25.7 Å². The standard InChI is InChI=1S/C14H26N2O4/c1-20-10-12(17)9-15-7-4-11(5-8-15)16-6-2-3-13(16)14(18)19/h11-13,17H,2-10H2,1H3,(H,18,19). The van der Waals surface area contributed by atoms with E-state index >= 15 is 0 Å². The van der Waals surface area contributed by atoms with E-state index in [4.69, 9.17) is 4.74 Å².